The minimum Gasteiger partial charge on any atom is -0.497 e. The number of nitrogens with zero attached hydrogens (tertiary/aromatic N) is 2. The molecule has 27 heavy (non-hydrogen) atoms. The van der Waals surface area contributed by atoms with E-state index in [0.29, 0.717) is 18.7 Å². The second kappa shape index (κ2) is 8.58. The molecule has 0 atom stereocenters. The molecule has 3 rings (SSSR count). The van der Waals surface area contributed by atoms with Crippen molar-refractivity contribution in [3.63, 3.8) is 0 Å². The highest BCUT2D eigenvalue weighted by Gasteiger charge is 2.22. The molecule has 2 amide bonds. The second-order valence-corrected chi connectivity index (χ2v) is 6.62. The minimum atomic E-state index is -0.220. The van der Waals surface area contributed by atoms with Gasteiger partial charge in [-0.1, -0.05) is 23.8 Å². The van der Waals surface area contributed by atoms with Crippen LogP contribution in [0.3, 0.4) is 0 Å². The summed E-state index contributed by atoms with van der Waals surface area (Å²) in [5.74, 6) is 0.549. The SMILES string of the molecule is COc1cccc(N2CCN(C(=O)CNC(=O)c3cccc(C)c3)CC2)c1. The van der Waals surface area contributed by atoms with Gasteiger partial charge in [0.1, 0.15) is 5.75 Å². The molecule has 1 fully saturated rings. The lowest BCUT2D eigenvalue weighted by molar-refractivity contribution is -0.130. The first kappa shape index (κ1) is 18.8. The maximum atomic E-state index is 12.4. The maximum absolute atomic E-state index is 12.4. The molecule has 0 aromatic heterocycles. The molecule has 6 nitrogen and oxygen atoms in total. The molecule has 1 saturated heterocycles. The van der Waals surface area contributed by atoms with Gasteiger partial charge in [-0.2, -0.15) is 0 Å². The Labute approximate surface area is 159 Å². The van der Waals surface area contributed by atoms with Gasteiger partial charge in [0.25, 0.3) is 5.91 Å². The van der Waals surface area contributed by atoms with Crippen LogP contribution in [0.15, 0.2) is 48.5 Å². The molecule has 2 aromatic carbocycles. The Morgan fingerprint density at radius 3 is 2.48 bits per heavy atom. The van der Waals surface area contributed by atoms with E-state index in [4.69, 9.17) is 4.74 Å². The van der Waals surface area contributed by atoms with Crippen molar-refractivity contribution in [2.75, 3.05) is 44.7 Å². The van der Waals surface area contributed by atoms with Crippen LogP contribution >= 0.6 is 0 Å². The number of rotatable bonds is 5. The van der Waals surface area contributed by atoms with Gasteiger partial charge in [0, 0.05) is 43.5 Å². The van der Waals surface area contributed by atoms with Gasteiger partial charge in [-0.15, -0.1) is 0 Å². The van der Waals surface area contributed by atoms with Crippen molar-refractivity contribution < 1.29 is 14.3 Å². The van der Waals surface area contributed by atoms with E-state index in [2.05, 4.69) is 10.2 Å². The summed E-state index contributed by atoms with van der Waals surface area (Å²) in [5.41, 5.74) is 2.68. The summed E-state index contributed by atoms with van der Waals surface area (Å²) < 4.78 is 5.27. The van der Waals surface area contributed by atoms with Crippen molar-refractivity contribution >= 4 is 17.5 Å². The predicted molar refractivity (Wildman–Crippen MR) is 105 cm³/mol. The molecule has 0 unspecified atom stereocenters. The summed E-state index contributed by atoms with van der Waals surface area (Å²) in [7, 11) is 1.65. The van der Waals surface area contributed by atoms with E-state index >= 15 is 0 Å². The molecule has 0 spiro atoms. The Morgan fingerprint density at radius 1 is 1.04 bits per heavy atom. The molecule has 1 heterocycles. The Balaban J connectivity index is 1.49. The van der Waals surface area contributed by atoms with Crippen LogP contribution < -0.4 is 15.0 Å². The molecular weight excluding hydrogens is 342 g/mol. The van der Waals surface area contributed by atoms with Gasteiger partial charge in [-0.05, 0) is 31.2 Å². The third-order valence-corrected chi connectivity index (χ3v) is 4.73. The Kier molecular flexibility index (Phi) is 5.96. The van der Waals surface area contributed by atoms with Gasteiger partial charge in [-0.3, -0.25) is 9.59 Å². The first-order valence-electron chi connectivity index (χ1n) is 9.08. The third kappa shape index (κ3) is 4.78. The molecule has 0 saturated carbocycles. The molecule has 0 bridgehead atoms. The van der Waals surface area contributed by atoms with Gasteiger partial charge >= 0.3 is 0 Å². The van der Waals surface area contributed by atoms with Gasteiger partial charge in [0.05, 0.1) is 13.7 Å². The Hall–Kier alpha value is -3.02. The predicted octanol–water partition coefficient (Wildman–Crippen LogP) is 2.08. The normalized spacial score (nSPS) is 14.0. The lowest BCUT2D eigenvalue weighted by Gasteiger charge is -2.36. The number of anilines is 1. The molecule has 142 valence electrons. The number of nitrogens with one attached hydrogen (secondary N) is 1. The van der Waals surface area contributed by atoms with Crippen LogP contribution in [0, 0.1) is 6.92 Å². The van der Waals surface area contributed by atoms with E-state index < -0.39 is 0 Å². The van der Waals surface area contributed by atoms with Gasteiger partial charge in [0.15, 0.2) is 0 Å². The standard InChI is InChI=1S/C21H25N3O3/c1-16-5-3-6-17(13-16)21(26)22-15-20(25)24-11-9-23(10-12-24)18-7-4-8-19(14-18)27-2/h3-8,13-14H,9-12,15H2,1-2H3,(H,22,26). The Bertz CT molecular complexity index is 814. The molecule has 1 aliphatic rings. The highest BCUT2D eigenvalue weighted by molar-refractivity contribution is 5.96. The molecule has 1 aliphatic heterocycles. The lowest BCUT2D eigenvalue weighted by Crippen LogP contribution is -2.51. The van der Waals surface area contributed by atoms with E-state index in [-0.39, 0.29) is 18.4 Å². The third-order valence-electron chi connectivity index (χ3n) is 4.73. The van der Waals surface area contributed by atoms with Crippen molar-refractivity contribution in [2.45, 2.75) is 6.92 Å². The molecule has 0 aliphatic carbocycles. The molecular formula is C21H25N3O3. The largest absolute Gasteiger partial charge is 0.497 e. The monoisotopic (exact) mass is 367 g/mol. The number of hydrogen-bond acceptors (Lipinski definition) is 4. The van der Waals surface area contributed by atoms with Crippen LogP contribution in [-0.4, -0.2) is 56.5 Å². The van der Waals surface area contributed by atoms with Crippen molar-refractivity contribution in [3.05, 3.63) is 59.7 Å². The fourth-order valence-electron chi connectivity index (χ4n) is 3.18. The minimum absolute atomic E-state index is 0.0198. The van der Waals surface area contributed by atoms with Crippen molar-refractivity contribution in [3.8, 4) is 5.75 Å². The van der Waals surface area contributed by atoms with E-state index in [0.717, 1.165) is 30.1 Å². The first-order chi connectivity index (χ1) is 13.1. The van der Waals surface area contributed by atoms with Crippen LogP contribution in [0.2, 0.25) is 0 Å². The molecule has 0 radical (unpaired) electrons. The van der Waals surface area contributed by atoms with Gasteiger partial charge < -0.3 is 19.9 Å². The first-order valence-corrected chi connectivity index (χ1v) is 9.08. The zero-order valence-corrected chi connectivity index (χ0v) is 15.8. The topological polar surface area (TPSA) is 61.9 Å². The summed E-state index contributed by atoms with van der Waals surface area (Å²) in [6.45, 7) is 4.73. The van der Waals surface area contributed by atoms with Crippen molar-refractivity contribution in [1.82, 2.24) is 10.2 Å². The number of aryl methyl sites for hydroxylation is 1. The van der Waals surface area contributed by atoms with Crippen LogP contribution in [0.25, 0.3) is 0 Å². The Morgan fingerprint density at radius 2 is 1.78 bits per heavy atom. The zero-order valence-electron chi connectivity index (χ0n) is 15.8. The number of ether oxygens (including phenoxy) is 1. The summed E-state index contributed by atoms with van der Waals surface area (Å²) >= 11 is 0. The van der Waals surface area contributed by atoms with Gasteiger partial charge in [-0.25, -0.2) is 0 Å². The average molecular weight is 367 g/mol. The zero-order chi connectivity index (χ0) is 19.2. The highest BCUT2D eigenvalue weighted by atomic mass is 16.5. The van der Waals surface area contributed by atoms with Crippen molar-refractivity contribution in [2.24, 2.45) is 0 Å². The number of hydrogen-bond donors (Lipinski definition) is 1. The smallest absolute Gasteiger partial charge is 0.251 e. The summed E-state index contributed by atoms with van der Waals surface area (Å²) in [5, 5.41) is 2.72. The maximum Gasteiger partial charge on any atom is 0.251 e. The number of carbonyl (C=O) groups is 2. The van der Waals surface area contributed by atoms with Crippen LogP contribution in [0.5, 0.6) is 5.75 Å². The van der Waals surface area contributed by atoms with E-state index in [9.17, 15) is 9.59 Å². The number of carbonyl (C=O) groups excluding carboxylic acids is 2. The van der Waals surface area contributed by atoms with Crippen LogP contribution in [0.1, 0.15) is 15.9 Å². The molecule has 2 aromatic rings. The molecule has 1 N–H and O–H groups in total. The highest BCUT2D eigenvalue weighted by Crippen LogP contribution is 2.22. The summed E-state index contributed by atoms with van der Waals surface area (Å²) in [6.07, 6.45) is 0. The van der Waals surface area contributed by atoms with Gasteiger partial charge in [0.2, 0.25) is 5.91 Å². The number of benzene rings is 2. The number of piperazine rings is 1. The van der Waals surface area contributed by atoms with E-state index in [1.54, 1.807) is 18.1 Å². The van der Waals surface area contributed by atoms with E-state index in [1.165, 1.54) is 0 Å². The fourth-order valence-corrected chi connectivity index (χ4v) is 3.18. The fraction of sp³-hybridized carbons (Fsp3) is 0.333. The van der Waals surface area contributed by atoms with Crippen LogP contribution in [-0.2, 0) is 4.79 Å². The number of amides is 2. The van der Waals surface area contributed by atoms with Crippen molar-refractivity contribution in [1.29, 1.82) is 0 Å². The summed E-state index contributed by atoms with van der Waals surface area (Å²) in [6, 6.07) is 15.3. The average Bonchev–Trinajstić information content (AvgIpc) is 2.72. The summed E-state index contributed by atoms with van der Waals surface area (Å²) in [4.78, 5) is 28.6. The lowest BCUT2D eigenvalue weighted by atomic mass is 10.1. The second-order valence-electron chi connectivity index (χ2n) is 6.62. The quantitative estimate of drug-likeness (QED) is 0.879. The number of methoxy groups -OCH3 is 1. The molecule has 6 heteroatoms. The van der Waals surface area contributed by atoms with Crippen LogP contribution in [0.4, 0.5) is 5.69 Å². The van der Waals surface area contributed by atoms with E-state index in [1.807, 2.05) is 49.4 Å².